The number of aromatic amines is 1. The number of H-pyrrole nitrogens is 1. The van der Waals surface area contributed by atoms with E-state index in [2.05, 4.69) is 29.7 Å². The Morgan fingerprint density at radius 3 is 2.21 bits per heavy atom. The Morgan fingerprint density at radius 2 is 1.64 bits per heavy atom. The van der Waals surface area contributed by atoms with Gasteiger partial charge in [-0.2, -0.15) is 0 Å². The van der Waals surface area contributed by atoms with Crippen molar-refractivity contribution in [2.24, 2.45) is 0 Å². The lowest BCUT2D eigenvalue weighted by molar-refractivity contribution is 1.03. The molecule has 1 heterocycles. The number of hydrogen-bond acceptors (Lipinski definition) is 1. The molecule has 0 atom stereocenters. The van der Waals surface area contributed by atoms with Gasteiger partial charge in [0.1, 0.15) is 5.82 Å². The van der Waals surface area contributed by atoms with Gasteiger partial charge in [0.15, 0.2) is 0 Å². The van der Waals surface area contributed by atoms with E-state index < -0.39 is 0 Å². The van der Waals surface area contributed by atoms with Crippen LogP contribution in [0.1, 0.15) is 17.2 Å². The minimum atomic E-state index is 0.779. The molecule has 0 radical (unpaired) electrons. The fraction of sp³-hybridized carbons (Fsp3) is 0.250. The van der Waals surface area contributed by atoms with Crippen LogP contribution in [0.5, 0.6) is 0 Å². The first kappa shape index (κ1) is 10.5. The number of imidazole rings is 1. The molecule has 1 rings (SSSR count). The van der Waals surface area contributed by atoms with Crippen molar-refractivity contribution in [2.45, 2.75) is 19.3 Å². The van der Waals surface area contributed by atoms with Gasteiger partial charge in [0, 0.05) is 25.0 Å². The molecule has 2 heteroatoms. The van der Waals surface area contributed by atoms with Crippen LogP contribution in [-0.4, -0.2) is 9.97 Å². The normalized spacial score (nSPS) is 9.71. The molecule has 0 bridgehead atoms. The molecule has 0 saturated carbocycles. The maximum absolute atomic E-state index is 4.46. The predicted molar refractivity (Wildman–Crippen MR) is 60.3 cm³/mol. The summed E-state index contributed by atoms with van der Waals surface area (Å²) in [5.74, 6) is 0.966. The number of nitrogens with one attached hydrogen (secondary N) is 1. The minimum Gasteiger partial charge on any atom is -0.345 e. The third kappa shape index (κ3) is 2.46. The Kier molecular flexibility index (Phi) is 3.92. The van der Waals surface area contributed by atoms with Gasteiger partial charge in [-0.05, 0) is 0 Å². The van der Waals surface area contributed by atoms with E-state index in [-0.39, 0.29) is 0 Å². The average Bonchev–Trinajstić information content (AvgIpc) is 2.50. The Hall–Kier alpha value is -1.57. The summed E-state index contributed by atoms with van der Waals surface area (Å²) >= 11 is 0. The van der Waals surface area contributed by atoms with E-state index in [1.165, 1.54) is 0 Å². The van der Waals surface area contributed by atoms with Gasteiger partial charge in [-0.15, -0.1) is 19.7 Å². The molecule has 0 aromatic carbocycles. The fourth-order valence-electron chi connectivity index (χ4n) is 1.36. The molecule has 74 valence electrons. The maximum atomic E-state index is 4.46. The molecule has 1 aromatic rings. The van der Waals surface area contributed by atoms with Gasteiger partial charge in [-0.25, -0.2) is 4.98 Å². The standard InChI is InChI=1S/C12H16N2/c1-4-7-10-11(8-5-2)14-12(13-10)9-6-3/h4-6H,1-3,7-9H2,(H,13,14). The van der Waals surface area contributed by atoms with Gasteiger partial charge in [0.05, 0.1) is 5.69 Å². The topological polar surface area (TPSA) is 28.7 Å². The lowest BCUT2D eigenvalue weighted by Gasteiger charge is -1.93. The molecule has 0 aliphatic carbocycles. The second-order valence-electron chi connectivity index (χ2n) is 3.09. The molecule has 0 unspecified atom stereocenters. The van der Waals surface area contributed by atoms with Gasteiger partial charge in [-0.3, -0.25) is 0 Å². The van der Waals surface area contributed by atoms with E-state index in [4.69, 9.17) is 0 Å². The van der Waals surface area contributed by atoms with Gasteiger partial charge >= 0.3 is 0 Å². The van der Waals surface area contributed by atoms with Crippen LogP contribution >= 0.6 is 0 Å². The van der Waals surface area contributed by atoms with Crippen LogP contribution in [0.4, 0.5) is 0 Å². The van der Waals surface area contributed by atoms with Crippen molar-refractivity contribution in [3.63, 3.8) is 0 Å². The highest BCUT2D eigenvalue weighted by atomic mass is 14.9. The highest BCUT2D eigenvalue weighted by molar-refractivity contribution is 5.20. The van der Waals surface area contributed by atoms with Crippen LogP contribution in [0.15, 0.2) is 38.0 Å². The lowest BCUT2D eigenvalue weighted by atomic mass is 10.2. The monoisotopic (exact) mass is 188 g/mol. The Labute approximate surface area is 85.1 Å². The smallest absolute Gasteiger partial charge is 0.110 e. The molecule has 0 amide bonds. The van der Waals surface area contributed by atoms with Crippen molar-refractivity contribution >= 4 is 0 Å². The molecule has 0 aliphatic heterocycles. The van der Waals surface area contributed by atoms with E-state index in [1.807, 2.05) is 18.2 Å². The predicted octanol–water partition coefficient (Wildman–Crippen LogP) is 2.60. The third-order valence-electron chi connectivity index (χ3n) is 1.94. The molecule has 0 aliphatic rings. The zero-order chi connectivity index (χ0) is 10.4. The van der Waals surface area contributed by atoms with Crippen LogP contribution < -0.4 is 0 Å². The Balaban J connectivity index is 2.91. The van der Waals surface area contributed by atoms with E-state index in [9.17, 15) is 0 Å². The van der Waals surface area contributed by atoms with Crippen molar-refractivity contribution in [2.75, 3.05) is 0 Å². The van der Waals surface area contributed by atoms with Crippen molar-refractivity contribution in [3.05, 3.63) is 55.2 Å². The van der Waals surface area contributed by atoms with Gasteiger partial charge in [0.25, 0.3) is 0 Å². The Bertz CT molecular complexity index is 307. The number of hydrogen-bond donors (Lipinski definition) is 1. The summed E-state index contributed by atoms with van der Waals surface area (Å²) in [6.45, 7) is 11.1. The van der Waals surface area contributed by atoms with Crippen molar-refractivity contribution in [1.82, 2.24) is 9.97 Å². The van der Waals surface area contributed by atoms with Crippen molar-refractivity contribution in [3.8, 4) is 0 Å². The summed E-state index contributed by atoms with van der Waals surface area (Å²) < 4.78 is 0. The Morgan fingerprint density at radius 1 is 1.00 bits per heavy atom. The van der Waals surface area contributed by atoms with E-state index in [0.717, 1.165) is 36.5 Å². The zero-order valence-corrected chi connectivity index (χ0v) is 8.42. The van der Waals surface area contributed by atoms with E-state index >= 15 is 0 Å². The highest BCUT2D eigenvalue weighted by Crippen LogP contribution is 2.09. The summed E-state index contributed by atoms with van der Waals surface area (Å²) in [5.41, 5.74) is 2.20. The minimum absolute atomic E-state index is 0.779. The molecule has 1 aromatic heterocycles. The first-order valence-corrected chi connectivity index (χ1v) is 4.71. The van der Waals surface area contributed by atoms with Gasteiger partial charge < -0.3 is 4.98 Å². The van der Waals surface area contributed by atoms with Gasteiger partial charge in [-0.1, -0.05) is 18.2 Å². The molecule has 0 spiro atoms. The SMILES string of the molecule is C=CCc1nc(CC=C)c(CC=C)[nH]1. The zero-order valence-electron chi connectivity index (χ0n) is 8.42. The fourth-order valence-corrected chi connectivity index (χ4v) is 1.36. The van der Waals surface area contributed by atoms with Crippen LogP contribution in [0.2, 0.25) is 0 Å². The average molecular weight is 188 g/mol. The van der Waals surface area contributed by atoms with Crippen LogP contribution in [-0.2, 0) is 19.3 Å². The first-order chi connectivity index (χ1) is 6.81. The molecule has 1 N–H and O–H groups in total. The van der Waals surface area contributed by atoms with Crippen LogP contribution in [0, 0.1) is 0 Å². The number of nitrogens with zero attached hydrogens (tertiary/aromatic N) is 1. The summed E-state index contributed by atoms with van der Waals surface area (Å²) in [6, 6.07) is 0. The third-order valence-corrected chi connectivity index (χ3v) is 1.94. The van der Waals surface area contributed by atoms with E-state index in [1.54, 1.807) is 0 Å². The van der Waals surface area contributed by atoms with Crippen molar-refractivity contribution in [1.29, 1.82) is 0 Å². The maximum Gasteiger partial charge on any atom is 0.110 e. The lowest BCUT2D eigenvalue weighted by Crippen LogP contribution is -1.89. The van der Waals surface area contributed by atoms with E-state index in [0.29, 0.717) is 0 Å². The van der Waals surface area contributed by atoms with Crippen LogP contribution in [0.3, 0.4) is 0 Å². The summed E-state index contributed by atoms with van der Waals surface area (Å²) in [5, 5.41) is 0. The van der Waals surface area contributed by atoms with Crippen LogP contribution in [0.25, 0.3) is 0 Å². The molecule has 0 fully saturated rings. The number of rotatable bonds is 6. The molecule has 0 saturated heterocycles. The summed E-state index contributed by atoms with van der Waals surface area (Å²) in [6.07, 6.45) is 7.98. The number of aromatic nitrogens is 2. The largest absolute Gasteiger partial charge is 0.345 e. The van der Waals surface area contributed by atoms with Gasteiger partial charge in [0.2, 0.25) is 0 Å². The molecular formula is C12H16N2. The summed E-state index contributed by atoms with van der Waals surface area (Å²) in [7, 11) is 0. The first-order valence-electron chi connectivity index (χ1n) is 4.71. The molecular weight excluding hydrogens is 172 g/mol. The molecule has 14 heavy (non-hydrogen) atoms. The second-order valence-corrected chi connectivity index (χ2v) is 3.09. The summed E-state index contributed by atoms with van der Waals surface area (Å²) in [4.78, 5) is 7.73. The number of allylic oxidation sites excluding steroid dienone is 3. The second kappa shape index (κ2) is 5.22. The van der Waals surface area contributed by atoms with Crippen molar-refractivity contribution < 1.29 is 0 Å². The quantitative estimate of drug-likeness (QED) is 0.683. The molecule has 2 nitrogen and oxygen atoms in total. The highest BCUT2D eigenvalue weighted by Gasteiger charge is 2.06.